The Morgan fingerprint density at radius 2 is 1.81 bits per heavy atom. The molecule has 1 amide bonds. The maximum Gasteiger partial charge on any atom is 0.412 e. The average Bonchev–Trinajstić information content (AvgIpc) is 2.77. The number of anilines is 1. The molecule has 0 saturated heterocycles. The molecule has 0 spiro atoms. The number of aliphatic hydroxyl groups is 1. The lowest BCUT2D eigenvalue weighted by atomic mass is 9.99. The number of hydrogen-bond donors (Lipinski definition) is 3. The Bertz CT molecular complexity index is 854. The van der Waals surface area contributed by atoms with Gasteiger partial charge in [0.1, 0.15) is 12.4 Å². The molecule has 0 saturated carbocycles. The zero-order chi connectivity index (χ0) is 22.5. The molecule has 0 aromatic heterocycles. The van der Waals surface area contributed by atoms with Crippen molar-refractivity contribution in [2.45, 2.75) is 25.0 Å². The molecular formula is C23H27NO7. The van der Waals surface area contributed by atoms with Crippen molar-refractivity contribution in [3.8, 4) is 5.75 Å². The van der Waals surface area contributed by atoms with Crippen molar-refractivity contribution in [2.24, 2.45) is 0 Å². The molecule has 2 rings (SSSR count). The summed E-state index contributed by atoms with van der Waals surface area (Å²) in [5.74, 6) is -0.580. The molecule has 0 radical (unpaired) electrons. The molecule has 0 aliphatic carbocycles. The summed E-state index contributed by atoms with van der Waals surface area (Å²) in [5, 5.41) is 20.6. The van der Waals surface area contributed by atoms with Gasteiger partial charge in [0, 0.05) is 24.4 Å². The highest BCUT2D eigenvalue weighted by atomic mass is 16.6. The topological polar surface area (TPSA) is 114 Å². The number of carboxylic acid groups (broad SMARTS) is 1. The van der Waals surface area contributed by atoms with E-state index in [0.717, 1.165) is 6.08 Å². The molecule has 0 heterocycles. The van der Waals surface area contributed by atoms with E-state index in [1.54, 1.807) is 48.5 Å². The van der Waals surface area contributed by atoms with Gasteiger partial charge in [-0.25, -0.2) is 9.59 Å². The zero-order valence-electron chi connectivity index (χ0n) is 17.3. The highest BCUT2D eigenvalue weighted by molar-refractivity contribution is 5.84. The van der Waals surface area contributed by atoms with Crippen LogP contribution in [0.4, 0.5) is 10.5 Å². The number of carbonyl (C=O) groups is 2. The Hall–Kier alpha value is -3.36. The first-order chi connectivity index (χ1) is 15.0. The Labute approximate surface area is 181 Å². The molecular weight excluding hydrogens is 402 g/mol. The second kappa shape index (κ2) is 13.0. The van der Waals surface area contributed by atoms with Crippen LogP contribution >= 0.6 is 0 Å². The van der Waals surface area contributed by atoms with Crippen molar-refractivity contribution < 1.29 is 34.0 Å². The van der Waals surface area contributed by atoms with Crippen molar-refractivity contribution in [1.29, 1.82) is 0 Å². The zero-order valence-corrected chi connectivity index (χ0v) is 17.3. The number of allylic oxidation sites excluding steroid dienone is 1. The maximum absolute atomic E-state index is 12.6. The Morgan fingerprint density at radius 3 is 2.48 bits per heavy atom. The number of amides is 1. The number of ether oxygens (including phenoxy) is 3. The summed E-state index contributed by atoms with van der Waals surface area (Å²) in [4.78, 5) is 23.3. The van der Waals surface area contributed by atoms with E-state index < -0.39 is 24.3 Å². The fraction of sp³-hybridized carbons (Fsp3) is 0.304. The molecule has 8 heteroatoms. The summed E-state index contributed by atoms with van der Waals surface area (Å²) >= 11 is 0. The van der Waals surface area contributed by atoms with Crippen LogP contribution in [0.5, 0.6) is 5.75 Å². The van der Waals surface area contributed by atoms with Crippen molar-refractivity contribution in [3.05, 3.63) is 72.3 Å². The monoisotopic (exact) mass is 429 g/mol. The van der Waals surface area contributed by atoms with Crippen molar-refractivity contribution in [3.63, 3.8) is 0 Å². The number of rotatable bonds is 12. The Kier molecular flexibility index (Phi) is 10.1. The largest absolute Gasteiger partial charge is 0.491 e. The van der Waals surface area contributed by atoms with Gasteiger partial charge in [-0.05, 0) is 31.0 Å². The minimum Gasteiger partial charge on any atom is -0.491 e. The summed E-state index contributed by atoms with van der Waals surface area (Å²) in [6.45, 7) is -0.0824. The lowest BCUT2D eigenvalue weighted by Gasteiger charge is -2.27. The first-order valence-corrected chi connectivity index (χ1v) is 9.82. The van der Waals surface area contributed by atoms with Crippen LogP contribution in [0.15, 0.2) is 66.7 Å². The smallest absolute Gasteiger partial charge is 0.412 e. The van der Waals surface area contributed by atoms with Gasteiger partial charge in [-0.1, -0.05) is 42.5 Å². The van der Waals surface area contributed by atoms with Crippen molar-refractivity contribution in [2.75, 3.05) is 25.6 Å². The van der Waals surface area contributed by atoms with Crippen LogP contribution < -0.4 is 10.1 Å². The molecule has 2 aromatic rings. The van der Waals surface area contributed by atoms with Crippen LogP contribution in [0, 0.1) is 0 Å². The van der Waals surface area contributed by atoms with Crippen LogP contribution in [0.2, 0.25) is 0 Å². The Morgan fingerprint density at radius 1 is 1.10 bits per heavy atom. The van der Waals surface area contributed by atoms with E-state index in [-0.39, 0.29) is 13.2 Å². The van der Waals surface area contributed by atoms with Crippen molar-refractivity contribution in [1.82, 2.24) is 0 Å². The number of para-hydroxylation sites is 2. The molecule has 166 valence electrons. The van der Waals surface area contributed by atoms with E-state index in [9.17, 15) is 9.59 Å². The van der Waals surface area contributed by atoms with Crippen LogP contribution in [0.25, 0.3) is 0 Å². The standard InChI is InChI=1S/C23H27NO7/c1-29-20(13-7-8-14-21(26)27)22(18-11-5-6-12-19(18)30-16-15-25)31-23(28)24-17-9-3-2-4-10-17/h2-6,8-12,14,20,22,25H,7,13,15-16H2,1H3,(H,24,28)(H,26,27)/b14-8+/t20-,22-/m0/s1. The third-order valence-corrected chi connectivity index (χ3v) is 4.35. The number of nitrogens with one attached hydrogen (secondary N) is 1. The highest BCUT2D eigenvalue weighted by Gasteiger charge is 2.29. The van der Waals surface area contributed by atoms with Gasteiger partial charge in [0.05, 0.1) is 12.7 Å². The molecule has 2 aromatic carbocycles. The van der Waals surface area contributed by atoms with E-state index in [1.807, 2.05) is 6.07 Å². The molecule has 0 fully saturated rings. The molecule has 0 unspecified atom stereocenters. The van der Waals surface area contributed by atoms with Crippen LogP contribution in [-0.2, 0) is 14.3 Å². The first-order valence-electron chi connectivity index (χ1n) is 9.82. The molecule has 0 bridgehead atoms. The molecule has 0 aliphatic rings. The summed E-state index contributed by atoms with van der Waals surface area (Å²) in [5.41, 5.74) is 1.16. The SMILES string of the molecule is CO[C@@H](CC/C=C/C(=O)O)[C@@H](OC(=O)Nc1ccccc1)c1ccccc1OCCO. The fourth-order valence-corrected chi connectivity index (χ4v) is 2.96. The third-order valence-electron chi connectivity index (χ3n) is 4.35. The van der Waals surface area contributed by atoms with Gasteiger partial charge < -0.3 is 24.4 Å². The van der Waals surface area contributed by atoms with Crippen LogP contribution in [0.1, 0.15) is 24.5 Å². The second-order valence-electron chi connectivity index (χ2n) is 6.52. The van der Waals surface area contributed by atoms with E-state index >= 15 is 0 Å². The second-order valence-corrected chi connectivity index (χ2v) is 6.52. The lowest BCUT2D eigenvalue weighted by molar-refractivity contribution is -0.131. The number of aliphatic carboxylic acids is 1. The fourth-order valence-electron chi connectivity index (χ4n) is 2.96. The number of aliphatic hydroxyl groups excluding tert-OH is 1. The van der Waals surface area contributed by atoms with Gasteiger partial charge in [-0.3, -0.25) is 5.32 Å². The molecule has 2 atom stereocenters. The van der Waals surface area contributed by atoms with Gasteiger partial charge in [0.15, 0.2) is 6.10 Å². The van der Waals surface area contributed by atoms with E-state index in [0.29, 0.717) is 29.8 Å². The number of methoxy groups -OCH3 is 1. The number of benzene rings is 2. The predicted octanol–water partition coefficient (Wildman–Crippen LogP) is 3.78. The third kappa shape index (κ3) is 8.12. The van der Waals surface area contributed by atoms with Gasteiger partial charge in [-0.15, -0.1) is 0 Å². The van der Waals surface area contributed by atoms with Gasteiger partial charge in [0.25, 0.3) is 0 Å². The van der Waals surface area contributed by atoms with Gasteiger partial charge in [-0.2, -0.15) is 0 Å². The first kappa shape index (κ1) is 23.9. The summed E-state index contributed by atoms with van der Waals surface area (Å²) in [6, 6.07) is 15.9. The van der Waals surface area contributed by atoms with E-state index in [1.165, 1.54) is 13.2 Å². The number of hydrogen-bond acceptors (Lipinski definition) is 6. The normalized spacial score (nSPS) is 12.8. The van der Waals surface area contributed by atoms with Crippen molar-refractivity contribution >= 4 is 17.7 Å². The maximum atomic E-state index is 12.6. The minimum atomic E-state index is -1.04. The highest BCUT2D eigenvalue weighted by Crippen LogP contribution is 2.33. The molecule has 0 aliphatic heterocycles. The quantitative estimate of drug-likeness (QED) is 0.440. The minimum absolute atomic E-state index is 0.0823. The summed E-state index contributed by atoms with van der Waals surface area (Å²) in [7, 11) is 1.49. The molecule has 3 N–H and O–H groups in total. The number of carboxylic acids is 1. The van der Waals surface area contributed by atoms with Gasteiger partial charge >= 0.3 is 12.1 Å². The Balaban J connectivity index is 2.25. The number of carbonyl (C=O) groups excluding carboxylic acids is 1. The average molecular weight is 429 g/mol. The van der Waals surface area contributed by atoms with E-state index in [4.69, 9.17) is 24.4 Å². The summed E-state index contributed by atoms with van der Waals surface area (Å²) < 4.78 is 16.9. The van der Waals surface area contributed by atoms with Crippen LogP contribution in [-0.4, -0.2) is 48.7 Å². The lowest BCUT2D eigenvalue weighted by Crippen LogP contribution is -2.28. The molecule has 8 nitrogen and oxygen atoms in total. The van der Waals surface area contributed by atoms with E-state index in [2.05, 4.69) is 5.32 Å². The molecule has 31 heavy (non-hydrogen) atoms. The van der Waals surface area contributed by atoms with Crippen LogP contribution in [0.3, 0.4) is 0 Å². The predicted molar refractivity (Wildman–Crippen MR) is 115 cm³/mol. The van der Waals surface area contributed by atoms with Gasteiger partial charge in [0.2, 0.25) is 0 Å². The summed E-state index contributed by atoms with van der Waals surface area (Å²) in [6.07, 6.45) is 1.31.